The smallest absolute Gasteiger partial charge is 0.407 e. The third-order valence-electron chi connectivity index (χ3n) is 2.83. The number of aliphatic carboxylic acids is 2. The summed E-state index contributed by atoms with van der Waals surface area (Å²) in [5.41, 5.74) is 4.72. The second-order valence-corrected chi connectivity index (χ2v) is 6.63. The number of carbonyl (C=O) groups excluding carboxylic acids is 1. The van der Waals surface area contributed by atoms with Gasteiger partial charge in [-0.05, 0) is 53.0 Å². The number of unbranched alkanes of at least 4 members (excludes halogenated alkanes) is 4. The fourth-order valence-corrected chi connectivity index (χ4v) is 1.68. The summed E-state index contributed by atoms with van der Waals surface area (Å²) in [4.78, 5) is 31.3. The lowest BCUT2D eigenvalue weighted by molar-refractivity contribution is -0.138. The Morgan fingerprint density at radius 3 is 1.76 bits per heavy atom. The molecule has 0 saturated heterocycles. The van der Waals surface area contributed by atoms with Crippen molar-refractivity contribution in [3.63, 3.8) is 0 Å². The average Bonchev–Trinajstić information content (AvgIpc) is 2.45. The lowest BCUT2D eigenvalue weighted by Gasteiger charge is -2.19. The van der Waals surface area contributed by atoms with E-state index in [1.165, 1.54) is 0 Å². The topological polar surface area (TPSA) is 139 Å². The number of hydrogen-bond donors (Lipinski definition) is 4. The summed E-state index contributed by atoms with van der Waals surface area (Å²) < 4.78 is 5.04. The maximum Gasteiger partial charge on any atom is 0.407 e. The van der Waals surface area contributed by atoms with Gasteiger partial charge in [0.2, 0.25) is 0 Å². The molecule has 25 heavy (non-hydrogen) atoms. The highest BCUT2D eigenvalue weighted by molar-refractivity contribution is 5.67. The second-order valence-electron chi connectivity index (χ2n) is 6.63. The van der Waals surface area contributed by atoms with E-state index in [1.807, 2.05) is 0 Å². The fourth-order valence-electron chi connectivity index (χ4n) is 1.68. The van der Waals surface area contributed by atoms with Crippen LogP contribution in [-0.4, -0.2) is 46.9 Å². The molecular formula is C17H34N2O6. The maximum atomic E-state index is 11.2. The van der Waals surface area contributed by atoms with Gasteiger partial charge in [0.15, 0.2) is 0 Å². The van der Waals surface area contributed by atoms with Crippen LogP contribution in [0.2, 0.25) is 0 Å². The largest absolute Gasteiger partial charge is 0.481 e. The predicted octanol–water partition coefficient (Wildman–Crippen LogP) is 2.75. The Bertz CT molecular complexity index is 380. The van der Waals surface area contributed by atoms with Crippen molar-refractivity contribution in [2.75, 3.05) is 13.1 Å². The highest BCUT2D eigenvalue weighted by Gasteiger charge is 2.15. The molecule has 1 amide bonds. The zero-order chi connectivity index (χ0) is 19.7. The van der Waals surface area contributed by atoms with Crippen LogP contribution in [0.4, 0.5) is 4.79 Å². The van der Waals surface area contributed by atoms with E-state index in [-0.39, 0.29) is 12.8 Å². The van der Waals surface area contributed by atoms with E-state index in [0.29, 0.717) is 19.5 Å². The molecule has 0 unspecified atom stereocenters. The molecule has 0 aromatic rings. The second kappa shape index (κ2) is 15.7. The van der Waals surface area contributed by atoms with Gasteiger partial charge in [0, 0.05) is 19.4 Å². The number of nitrogens with one attached hydrogen (secondary N) is 1. The van der Waals surface area contributed by atoms with Crippen LogP contribution in [0, 0.1) is 0 Å². The van der Waals surface area contributed by atoms with Crippen molar-refractivity contribution in [2.24, 2.45) is 5.73 Å². The van der Waals surface area contributed by atoms with Crippen molar-refractivity contribution in [3.8, 4) is 0 Å². The first kappa shape index (κ1) is 25.4. The Hall–Kier alpha value is -1.83. The van der Waals surface area contributed by atoms with Crippen LogP contribution < -0.4 is 11.1 Å². The number of ether oxygens (including phenoxy) is 1. The van der Waals surface area contributed by atoms with Gasteiger partial charge < -0.3 is 26.0 Å². The summed E-state index contributed by atoms with van der Waals surface area (Å²) in [7, 11) is 0. The molecule has 148 valence electrons. The van der Waals surface area contributed by atoms with Crippen LogP contribution in [0.25, 0.3) is 0 Å². The van der Waals surface area contributed by atoms with Crippen LogP contribution in [-0.2, 0) is 14.3 Å². The quantitative estimate of drug-likeness (QED) is 0.414. The zero-order valence-electron chi connectivity index (χ0n) is 15.7. The van der Waals surface area contributed by atoms with Crippen LogP contribution in [0.1, 0.15) is 72.1 Å². The first-order valence-electron chi connectivity index (χ1n) is 8.69. The summed E-state index contributed by atoms with van der Waals surface area (Å²) in [5, 5.41) is 19.2. The van der Waals surface area contributed by atoms with Gasteiger partial charge in [-0.15, -0.1) is 0 Å². The molecule has 0 rings (SSSR count). The SMILES string of the molecule is CC(C)(C)OC(=O)NCCCCCC(=O)O.NCCCCCC(=O)O. The fraction of sp³-hybridized carbons (Fsp3) is 0.824. The summed E-state index contributed by atoms with van der Waals surface area (Å²) in [6.07, 6.45) is 4.88. The minimum atomic E-state index is -0.778. The highest BCUT2D eigenvalue weighted by Crippen LogP contribution is 2.06. The van der Waals surface area contributed by atoms with Gasteiger partial charge in [-0.2, -0.15) is 0 Å². The van der Waals surface area contributed by atoms with E-state index in [1.54, 1.807) is 20.8 Å². The molecule has 0 aliphatic carbocycles. The Morgan fingerprint density at radius 1 is 0.880 bits per heavy atom. The van der Waals surface area contributed by atoms with Gasteiger partial charge in [0.1, 0.15) is 5.60 Å². The monoisotopic (exact) mass is 362 g/mol. The van der Waals surface area contributed by atoms with Crippen LogP contribution >= 0.6 is 0 Å². The van der Waals surface area contributed by atoms with Gasteiger partial charge in [0.25, 0.3) is 0 Å². The standard InChI is InChI=1S/C11H21NO4.C6H13NO2/c1-11(2,3)16-10(15)12-8-6-4-5-7-9(13)14;7-5-3-1-2-4-6(8)9/h4-8H2,1-3H3,(H,12,15)(H,13,14);1-5,7H2,(H,8,9). The normalized spacial score (nSPS) is 10.4. The lowest BCUT2D eigenvalue weighted by atomic mass is 10.2. The number of nitrogens with two attached hydrogens (primary N) is 1. The molecule has 8 heteroatoms. The van der Waals surface area contributed by atoms with E-state index >= 15 is 0 Å². The molecular weight excluding hydrogens is 328 g/mol. The Kier molecular flexibility index (Phi) is 15.9. The van der Waals surface area contributed by atoms with Gasteiger partial charge in [-0.25, -0.2) is 4.79 Å². The molecule has 0 aliphatic rings. The molecule has 5 N–H and O–H groups in total. The molecule has 0 atom stereocenters. The number of hydrogen-bond acceptors (Lipinski definition) is 5. The molecule has 0 heterocycles. The summed E-state index contributed by atoms with van der Waals surface area (Å²) >= 11 is 0. The molecule has 0 fully saturated rings. The molecule has 0 spiro atoms. The number of carboxylic acids is 2. The van der Waals surface area contributed by atoms with Crippen LogP contribution in [0.3, 0.4) is 0 Å². The van der Waals surface area contributed by atoms with Crippen molar-refractivity contribution in [1.29, 1.82) is 0 Å². The van der Waals surface area contributed by atoms with Crippen molar-refractivity contribution in [3.05, 3.63) is 0 Å². The minimum absolute atomic E-state index is 0.187. The van der Waals surface area contributed by atoms with Gasteiger partial charge in [-0.3, -0.25) is 9.59 Å². The zero-order valence-corrected chi connectivity index (χ0v) is 15.7. The van der Waals surface area contributed by atoms with Crippen molar-refractivity contribution < 1.29 is 29.3 Å². The lowest BCUT2D eigenvalue weighted by Crippen LogP contribution is -2.32. The average molecular weight is 362 g/mol. The molecule has 0 aliphatic heterocycles. The Balaban J connectivity index is 0. The maximum absolute atomic E-state index is 11.2. The molecule has 0 bridgehead atoms. The Labute approximate surface area is 150 Å². The predicted molar refractivity (Wildman–Crippen MR) is 95.5 cm³/mol. The third kappa shape index (κ3) is 27.3. The van der Waals surface area contributed by atoms with Gasteiger partial charge in [-0.1, -0.05) is 12.8 Å². The summed E-state index contributed by atoms with van der Waals surface area (Å²) in [6, 6.07) is 0. The molecule has 8 nitrogen and oxygen atoms in total. The van der Waals surface area contributed by atoms with Gasteiger partial charge >= 0.3 is 18.0 Å². The van der Waals surface area contributed by atoms with Crippen molar-refractivity contribution in [1.82, 2.24) is 5.32 Å². The molecule has 0 aromatic heterocycles. The number of carbonyl (C=O) groups is 3. The third-order valence-corrected chi connectivity index (χ3v) is 2.83. The van der Waals surface area contributed by atoms with Crippen molar-refractivity contribution >= 4 is 18.0 Å². The summed E-state index contributed by atoms with van der Waals surface area (Å²) in [6.45, 7) is 6.60. The number of amides is 1. The van der Waals surface area contributed by atoms with E-state index in [4.69, 9.17) is 20.7 Å². The first-order valence-corrected chi connectivity index (χ1v) is 8.69. The van der Waals surface area contributed by atoms with E-state index in [9.17, 15) is 14.4 Å². The minimum Gasteiger partial charge on any atom is -0.481 e. The van der Waals surface area contributed by atoms with Crippen LogP contribution in [0.5, 0.6) is 0 Å². The number of alkyl carbamates (subject to hydrolysis) is 1. The highest BCUT2D eigenvalue weighted by atomic mass is 16.6. The van der Waals surface area contributed by atoms with E-state index in [2.05, 4.69) is 5.32 Å². The number of rotatable bonds is 11. The molecule has 0 radical (unpaired) electrons. The van der Waals surface area contributed by atoms with E-state index < -0.39 is 23.6 Å². The first-order chi connectivity index (χ1) is 11.6. The molecule has 0 saturated carbocycles. The van der Waals surface area contributed by atoms with Crippen LogP contribution in [0.15, 0.2) is 0 Å². The van der Waals surface area contributed by atoms with Crippen molar-refractivity contribution in [2.45, 2.75) is 77.7 Å². The molecule has 0 aromatic carbocycles. The Morgan fingerprint density at radius 2 is 1.36 bits per heavy atom. The number of carboxylic acid groups (broad SMARTS) is 2. The van der Waals surface area contributed by atoms with E-state index in [0.717, 1.165) is 32.1 Å². The van der Waals surface area contributed by atoms with Gasteiger partial charge in [0.05, 0.1) is 0 Å². The summed E-state index contributed by atoms with van der Waals surface area (Å²) in [5.74, 6) is -1.49.